The highest BCUT2D eigenvalue weighted by atomic mass is 19.1. The first kappa shape index (κ1) is 12.5. The van der Waals surface area contributed by atoms with Crippen LogP contribution in [0.3, 0.4) is 0 Å². The normalized spacial score (nSPS) is 20.2. The molecule has 2 aromatic rings. The monoisotopic (exact) mass is 259 g/mol. The van der Waals surface area contributed by atoms with Gasteiger partial charge in [0.25, 0.3) is 0 Å². The lowest BCUT2D eigenvalue weighted by Crippen LogP contribution is -2.34. The molecular formula is C15H18FN3. The third kappa shape index (κ3) is 2.33. The van der Waals surface area contributed by atoms with Gasteiger partial charge >= 0.3 is 0 Å². The van der Waals surface area contributed by atoms with Crippen LogP contribution >= 0.6 is 0 Å². The van der Waals surface area contributed by atoms with Crippen molar-refractivity contribution >= 4 is 10.9 Å². The highest BCUT2D eigenvalue weighted by Crippen LogP contribution is 2.24. The van der Waals surface area contributed by atoms with Gasteiger partial charge in [0.15, 0.2) is 0 Å². The summed E-state index contributed by atoms with van der Waals surface area (Å²) >= 11 is 0. The molecule has 100 valence electrons. The van der Waals surface area contributed by atoms with Crippen LogP contribution in [0, 0.1) is 5.82 Å². The molecule has 0 spiro atoms. The first-order chi connectivity index (χ1) is 9.29. The van der Waals surface area contributed by atoms with E-state index in [1.165, 1.54) is 12.5 Å². The summed E-state index contributed by atoms with van der Waals surface area (Å²) < 4.78 is 13.7. The van der Waals surface area contributed by atoms with Crippen LogP contribution in [0.1, 0.15) is 18.4 Å². The molecule has 1 aromatic carbocycles. The first-order valence-corrected chi connectivity index (χ1v) is 6.76. The van der Waals surface area contributed by atoms with Gasteiger partial charge in [-0.1, -0.05) is 6.07 Å². The minimum absolute atomic E-state index is 0.205. The van der Waals surface area contributed by atoms with Gasteiger partial charge in [-0.2, -0.15) is 0 Å². The van der Waals surface area contributed by atoms with Crippen LogP contribution in [0.25, 0.3) is 10.9 Å². The molecule has 1 fully saturated rings. The van der Waals surface area contributed by atoms with Crippen molar-refractivity contribution in [2.24, 2.45) is 5.73 Å². The zero-order valence-electron chi connectivity index (χ0n) is 10.8. The number of rotatable bonds is 3. The third-order valence-electron chi connectivity index (χ3n) is 3.94. The van der Waals surface area contributed by atoms with Crippen LogP contribution in [0.4, 0.5) is 4.39 Å². The number of nitrogens with two attached hydrogens (primary N) is 1. The van der Waals surface area contributed by atoms with E-state index < -0.39 is 0 Å². The van der Waals surface area contributed by atoms with E-state index in [2.05, 4.69) is 9.88 Å². The maximum Gasteiger partial charge on any atom is 0.132 e. The third-order valence-corrected chi connectivity index (χ3v) is 3.94. The van der Waals surface area contributed by atoms with E-state index in [1.54, 1.807) is 18.3 Å². The number of aromatic nitrogens is 1. The Balaban J connectivity index is 1.95. The Morgan fingerprint density at radius 1 is 1.37 bits per heavy atom. The highest BCUT2D eigenvalue weighted by molar-refractivity contribution is 5.82. The second kappa shape index (κ2) is 5.23. The van der Waals surface area contributed by atoms with Gasteiger partial charge in [0.05, 0.1) is 5.52 Å². The van der Waals surface area contributed by atoms with Crippen molar-refractivity contribution in [1.82, 2.24) is 9.88 Å². The van der Waals surface area contributed by atoms with E-state index in [0.717, 1.165) is 30.6 Å². The fourth-order valence-electron chi connectivity index (χ4n) is 2.91. The van der Waals surface area contributed by atoms with Crippen LogP contribution in [0.15, 0.2) is 30.5 Å². The van der Waals surface area contributed by atoms with Gasteiger partial charge in [-0.25, -0.2) is 4.39 Å². The van der Waals surface area contributed by atoms with Gasteiger partial charge in [0.2, 0.25) is 0 Å². The van der Waals surface area contributed by atoms with E-state index in [0.29, 0.717) is 18.0 Å². The van der Waals surface area contributed by atoms with Crippen LogP contribution in [0.2, 0.25) is 0 Å². The summed E-state index contributed by atoms with van der Waals surface area (Å²) in [6.07, 6.45) is 4.06. The first-order valence-electron chi connectivity index (χ1n) is 6.76. The van der Waals surface area contributed by atoms with Crippen molar-refractivity contribution < 1.29 is 4.39 Å². The number of halogens is 1. The zero-order chi connectivity index (χ0) is 13.2. The Labute approximate surface area is 112 Å². The summed E-state index contributed by atoms with van der Waals surface area (Å²) in [5.41, 5.74) is 7.65. The standard InChI is InChI=1S/C15H18FN3/c16-14-6-5-11(15-13(14)4-1-7-18-15)10-19-8-2-3-12(19)9-17/h1,4-7,12H,2-3,8-10,17H2. The molecule has 3 nitrogen and oxygen atoms in total. The number of nitrogens with zero attached hydrogens (tertiary/aromatic N) is 2. The van der Waals surface area contributed by atoms with Crippen molar-refractivity contribution in [3.05, 3.63) is 41.8 Å². The maximum atomic E-state index is 13.7. The lowest BCUT2D eigenvalue weighted by Gasteiger charge is -2.23. The van der Waals surface area contributed by atoms with Gasteiger partial charge in [-0.05, 0) is 43.1 Å². The molecule has 4 heteroatoms. The van der Waals surface area contributed by atoms with Crippen LogP contribution in [0.5, 0.6) is 0 Å². The predicted molar refractivity (Wildman–Crippen MR) is 74.2 cm³/mol. The van der Waals surface area contributed by atoms with E-state index in [-0.39, 0.29) is 5.82 Å². The fraction of sp³-hybridized carbons (Fsp3) is 0.400. The van der Waals surface area contributed by atoms with Crippen molar-refractivity contribution in [3.8, 4) is 0 Å². The Hall–Kier alpha value is -1.52. The fourth-order valence-corrected chi connectivity index (χ4v) is 2.91. The predicted octanol–water partition coefficient (Wildman–Crippen LogP) is 2.30. The molecule has 2 heterocycles. The summed E-state index contributed by atoms with van der Waals surface area (Å²) in [5, 5.41) is 0.600. The highest BCUT2D eigenvalue weighted by Gasteiger charge is 2.23. The van der Waals surface area contributed by atoms with Crippen molar-refractivity contribution in [1.29, 1.82) is 0 Å². The van der Waals surface area contributed by atoms with Crippen molar-refractivity contribution in [2.45, 2.75) is 25.4 Å². The van der Waals surface area contributed by atoms with Gasteiger partial charge < -0.3 is 5.73 Å². The molecule has 0 saturated carbocycles. The minimum atomic E-state index is -0.205. The second-order valence-corrected chi connectivity index (χ2v) is 5.11. The molecule has 1 unspecified atom stereocenters. The molecule has 1 aliphatic rings. The quantitative estimate of drug-likeness (QED) is 0.919. The summed E-state index contributed by atoms with van der Waals surface area (Å²) in [5.74, 6) is -0.205. The average Bonchev–Trinajstić information content (AvgIpc) is 2.89. The molecule has 19 heavy (non-hydrogen) atoms. The van der Waals surface area contributed by atoms with E-state index in [4.69, 9.17) is 5.73 Å². The lowest BCUT2D eigenvalue weighted by molar-refractivity contribution is 0.251. The molecule has 1 atom stereocenters. The van der Waals surface area contributed by atoms with E-state index in [1.807, 2.05) is 6.07 Å². The molecule has 2 N–H and O–H groups in total. The summed E-state index contributed by atoms with van der Waals surface area (Å²) in [6.45, 7) is 2.55. The molecule has 1 aliphatic heterocycles. The second-order valence-electron chi connectivity index (χ2n) is 5.11. The van der Waals surface area contributed by atoms with E-state index in [9.17, 15) is 4.39 Å². The van der Waals surface area contributed by atoms with Crippen LogP contribution in [-0.4, -0.2) is 29.0 Å². The number of likely N-dealkylation sites (tertiary alicyclic amines) is 1. The Kier molecular flexibility index (Phi) is 3.44. The number of pyridine rings is 1. The summed E-state index contributed by atoms with van der Waals surface area (Å²) in [4.78, 5) is 6.71. The minimum Gasteiger partial charge on any atom is -0.329 e. The van der Waals surface area contributed by atoms with Crippen molar-refractivity contribution in [2.75, 3.05) is 13.1 Å². The Morgan fingerprint density at radius 3 is 3.11 bits per heavy atom. The SMILES string of the molecule is NCC1CCCN1Cc1ccc(F)c2cccnc12. The molecule has 0 bridgehead atoms. The topological polar surface area (TPSA) is 42.1 Å². The zero-order valence-corrected chi connectivity index (χ0v) is 10.8. The van der Waals surface area contributed by atoms with Crippen LogP contribution < -0.4 is 5.73 Å². The molecule has 3 rings (SSSR count). The van der Waals surface area contributed by atoms with Gasteiger partial charge in [0, 0.05) is 30.7 Å². The Morgan fingerprint density at radius 2 is 2.26 bits per heavy atom. The lowest BCUT2D eigenvalue weighted by atomic mass is 10.1. The molecule has 1 saturated heterocycles. The van der Waals surface area contributed by atoms with Gasteiger partial charge in [-0.15, -0.1) is 0 Å². The van der Waals surface area contributed by atoms with Crippen molar-refractivity contribution in [3.63, 3.8) is 0 Å². The van der Waals surface area contributed by atoms with E-state index >= 15 is 0 Å². The molecule has 0 amide bonds. The molecule has 1 aromatic heterocycles. The summed E-state index contributed by atoms with van der Waals surface area (Å²) in [6, 6.07) is 7.38. The van der Waals surface area contributed by atoms with Crippen LogP contribution in [-0.2, 0) is 6.54 Å². The molecular weight excluding hydrogens is 241 g/mol. The van der Waals surface area contributed by atoms with Gasteiger partial charge in [-0.3, -0.25) is 9.88 Å². The van der Waals surface area contributed by atoms with Gasteiger partial charge in [0.1, 0.15) is 5.82 Å². The number of hydrogen-bond donors (Lipinski definition) is 1. The number of hydrogen-bond acceptors (Lipinski definition) is 3. The largest absolute Gasteiger partial charge is 0.329 e. The molecule has 0 radical (unpaired) electrons. The molecule has 0 aliphatic carbocycles. The maximum absolute atomic E-state index is 13.7. The summed E-state index contributed by atoms with van der Waals surface area (Å²) in [7, 11) is 0. The smallest absolute Gasteiger partial charge is 0.132 e. The number of fused-ring (bicyclic) bond motifs is 1. The Bertz CT molecular complexity index is 585. The average molecular weight is 259 g/mol. The number of benzene rings is 1.